The van der Waals surface area contributed by atoms with Crippen LogP contribution >= 0.6 is 0 Å². The summed E-state index contributed by atoms with van der Waals surface area (Å²) in [7, 11) is 0. The first-order valence-electron chi connectivity index (χ1n) is 5.22. The fourth-order valence-electron chi connectivity index (χ4n) is 1.60. The van der Waals surface area contributed by atoms with E-state index in [9.17, 15) is 14.4 Å². The molecule has 2 heterocycles. The normalized spacial score (nSPS) is 18.2. The lowest BCUT2D eigenvalue weighted by Crippen LogP contribution is -2.37. The Morgan fingerprint density at radius 3 is 2.72 bits per heavy atom. The maximum atomic E-state index is 11.7. The van der Waals surface area contributed by atoms with Crippen LogP contribution in [0.5, 0.6) is 0 Å². The fourth-order valence-corrected chi connectivity index (χ4v) is 1.60. The maximum Gasteiger partial charge on any atom is 0.358 e. The summed E-state index contributed by atoms with van der Waals surface area (Å²) in [5, 5.41) is 13.7. The number of aromatic carboxylic acids is 1. The van der Waals surface area contributed by atoms with Crippen LogP contribution in [0.1, 0.15) is 23.3 Å². The van der Waals surface area contributed by atoms with E-state index in [-0.39, 0.29) is 23.8 Å². The van der Waals surface area contributed by atoms with E-state index in [1.807, 2.05) is 0 Å². The highest BCUT2D eigenvalue weighted by atomic mass is 16.4. The Morgan fingerprint density at radius 1 is 1.39 bits per heavy atom. The quantitative estimate of drug-likeness (QED) is 0.658. The van der Waals surface area contributed by atoms with Gasteiger partial charge in [0.2, 0.25) is 11.8 Å². The molecule has 1 aromatic rings. The van der Waals surface area contributed by atoms with Crippen molar-refractivity contribution in [2.24, 2.45) is 0 Å². The van der Waals surface area contributed by atoms with Crippen molar-refractivity contribution in [3.05, 3.63) is 18.1 Å². The molecule has 0 unspecified atom stereocenters. The highest BCUT2D eigenvalue weighted by Crippen LogP contribution is 2.12. The summed E-state index contributed by atoms with van der Waals surface area (Å²) in [6, 6.07) is -0.652. The van der Waals surface area contributed by atoms with Gasteiger partial charge in [-0.25, -0.2) is 14.8 Å². The van der Waals surface area contributed by atoms with Crippen LogP contribution in [0.3, 0.4) is 0 Å². The Morgan fingerprint density at radius 2 is 2.11 bits per heavy atom. The Hall–Kier alpha value is -2.51. The summed E-state index contributed by atoms with van der Waals surface area (Å²) in [4.78, 5) is 40.9. The predicted octanol–water partition coefficient (Wildman–Crippen LogP) is -0.608. The van der Waals surface area contributed by atoms with Gasteiger partial charge in [0.1, 0.15) is 6.04 Å². The second-order valence-corrected chi connectivity index (χ2v) is 3.71. The smallest absolute Gasteiger partial charge is 0.358 e. The SMILES string of the molecule is O=C1CC[C@@H](C(=O)Nc2nccnc2C(=O)O)N1. The second kappa shape index (κ2) is 4.78. The zero-order valence-corrected chi connectivity index (χ0v) is 9.21. The zero-order valence-electron chi connectivity index (χ0n) is 9.21. The van der Waals surface area contributed by atoms with Crippen molar-refractivity contribution in [1.82, 2.24) is 15.3 Å². The van der Waals surface area contributed by atoms with Crippen molar-refractivity contribution >= 4 is 23.6 Å². The molecule has 2 rings (SSSR count). The number of nitrogens with zero attached hydrogens (tertiary/aromatic N) is 2. The van der Waals surface area contributed by atoms with Crippen LogP contribution in [0.15, 0.2) is 12.4 Å². The van der Waals surface area contributed by atoms with Gasteiger partial charge in [0.15, 0.2) is 11.5 Å². The molecule has 3 N–H and O–H groups in total. The molecule has 0 saturated carbocycles. The summed E-state index contributed by atoms with van der Waals surface area (Å²) in [5.41, 5.74) is -0.338. The van der Waals surface area contributed by atoms with Crippen molar-refractivity contribution < 1.29 is 19.5 Å². The predicted molar refractivity (Wildman–Crippen MR) is 58.8 cm³/mol. The summed E-state index contributed by atoms with van der Waals surface area (Å²) in [6.45, 7) is 0. The monoisotopic (exact) mass is 250 g/mol. The fraction of sp³-hybridized carbons (Fsp3) is 0.300. The highest BCUT2D eigenvalue weighted by molar-refractivity contribution is 6.02. The Bertz CT molecular complexity index is 516. The number of amides is 2. The number of aromatic nitrogens is 2. The summed E-state index contributed by atoms with van der Waals surface area (Å²) in [5.74, 6) is -2.11. The Kier molecular flexibility index (Phi) is 3.18. The highest BCUT2D eigenvalue weighted by Gasteiger charge is 2.28. The van der Waals surface area contributed by atoms with Crippen molar-refractivity contribution in [2.75, 3.05) is 5.32 Å². The lowest BCUT2D eigenvalue weighted by molar-refractivity contribution is -0.122. The molecule has 94 valence electrons. The van der Waals surface area contributed by atoms with E-state index in [1.165, 1.54) is 12.4 Å². The molecule has 2 amide bonds. The topological polar surface area (TPSA) is 121 Å². The molecule has 8 nitrogen and oxygen atoms in total. The van der Waals surface area contributed by atoms with Gasteiger partial charge in [-0.2, -0.15) is 0 Å². The van der Waals surface area contributed by atoms with Crippen molar-refractivity contribution in [3.8, 4) is 0 Å². The van der Waals surface area contributed by atoms with Crippen LogP contribution in [-0.2, 0) is 9.59 Å². The number of carbonyl (C=O) groups excluding carboxylic acids is 2. The van der Waals surface area contributed by atoms with Crippen LogP contribution < -0.4 is 10.6 Å². The largest absolute Gasteiger partial charge is 0.476 e. The molecule has 0 bridgehead atoms. The van der Waals surface area contributed by atoms with Gasteiger partial charge in [-0.15, -0.1) is 0 Å². The van der Waals surface area contributed by atoms with Gasteiger partial charge in [0.05, 0.1) is 0 Å². The van der Waals surface area contributed by atoms with E-state index in [4.69, 9.17) is 5.11 Å². The molecule has 1 aromatic heterocycles. The molecule has 1 fully saturated rings. The number of carboxylic acid groups (broad SMARTS) is 1. The van der Waals surface area contributed by atoms with Crippen LogP contribution in [-0.4, -0.2) is 38.9 Å². The summed E-state index contributed by atoms with van der Waals surface area (Å²) in [6.07, 6.45) is 3.16. The number of rotatable bonds is 3. The average molecular weight is 250 g/mol. The van der Waals surface area contributed by atoms with Crippen LogP contribution in [0.25, 0.3) is 0 Å². The molecule has 1 aliphatic rings. The van der Waals surface area contributed by atoms with Crippen LogP contribution in [0.2, 0.25) is 0 Å². The van der Waals surface area contributed by atoms with Gasteiger partial charge in [-0.05, 0) is 6.42 Å². The average Bonchev–Trinajstić information content (AvgIpc) is 2.76. The number of hydrogen-bond acceptors (Lipinski definition) is 5. The van der Waals surface area contributed by atoms with E-state index >= 15 is 0 Å². The molecule has 1 saturated heterocycles. The zero-order chi connectivity index (χ0) is 13.1. The molecule has 0 aliphatic carbocycles. The third kappa shape index (κ3) is 2.42. The van der Waals surface area contributed by atoms with E-state index in [2.05, 4.69) is 20.6 Å². The molecular weight excluding hydrogens is 240 g/mol. The van der Waals surface area contributed by atoms with Gasteiger partial charge >= 0.3 is 5.97 Å². The molecular formula is C10H10N4O4. The standard InChI is InChI=1S/C10H10N4O4/c15-6-2-1-5(13-6)9(16)14-8-7(10(17)18)11-3-4-12-8/h3-5H,1-2H2,(H,13,15)(H,17,18)(H,12,14,16)/t5-/m0/s1. The van der Waals surface area contributed by atoms with Gasteiger partial charge in [-0.1, -0.05) is 0 Å². The minimum absolute atomic E-state index is 0.129. The molecule has 1 aliphatic heterocycles. The first kappa shape index (κ1) is 12.0. The first-order valence-corrected chi connectivity index (χ1v) is 5.22. The summed E-state index contributed by atoms with van der Waals surface area (Å²) < 4.78 is 0. The third-order valence-corrected chi connectivity index (χ3v) is 2.45. The number of carbonyl (C=O) groups is 3. The lowest BCUT2D eigenvalue weighted by atomic mass is 10.2. The number of hydrogen-bond donors (Lipinski definition) is 3. The number of anilines is 1. The Labute approximate surface area is 101 Å². The molecule has 0 spiro atoms. The van der Waals surface area contributed by atoms with E-state index < -0.39 is 17.9 Å². The lowest BCUT2D eigenvalue weighted by Gasteiger charge is -2.10. The van der Waals surface area contributed by atoms with Crippen LogP contribution in [0, 0.1) is 0 Å². The van der Waals surface area contributed by atoms with Crippen LogP contribution in [0.4, 0.5) is 5.82 Å². The van der Waals surface area contributed by atoms with Crippen molar-refractivity contribution in [1.29, 1.82) is 0 Å². The van der Waals surface area contributed by atoms with Gasteiger partial charge in [0.25, 0.3) is 0 Å². The maximum absolute atomic E-state index is 11.7. The number of carboxylic acids is 1. The van der Waals surface area contributed by atoms with Crippen molar-refractivity contribution in [2.45, 2.75) is 18.9 Å². The van der Waals surface area contributed by atoms with E-state index in [0.717, 1.165) is 0 Å². The van der Waals surface area contributed by atoms with E-state index in [1.54, 1.807) is 0 Å². The molecule has 18 heavy (non-hydrogen) atoms. The third-order valence-electron chi connectivity index (χ3n) is 2.45. The second-order valence-electron chi connectivity index (χ2n) is 3.71. The van der Waals surface area contributed by atoms with Gasteiger partial charge < -0.3 is 15.7 Å². The van der Waals surface area contributed by atoms with Crippen molar-refractivity contribution in [3.63, 3.8) is 0 Å². The van der Waals surface area contributed by atoms with E-state index in [0.29, 0.717) is 6.42 Å². The van der Waals surface area contributed by atoms with Gasteiger partial charge in [-0.3, -0.25) is 9.59 Å². The molecule has 0 aromatic carbocycles. The molecule has 1 atom stereocenters. The van der Waals surface area contributed by atoms with Gasteiger partial charge in [0, 0.05) is 18.8 Å². The summed E-state index contributed by atoms with van der Waals surface area (Å²) >= 11 is 0. The first-order chi connectivity index (χ1) is 8.58. The molecule has 8 heteroatoms. The minimum Gasteiger partial charge on any atom is -0.476 e. The Balaban J connectivity index is 2.12. The number of nitrogens with one attached hydrogen (secondary N) is 2. The molecule has 0 radical (unpaired) electrons. The minimum atomic E-state index is -1.28.